The lowest BCUT2D eigenvalue weighted by Crippen LogP contribution is -1.90. The summed E-state index contributed by atoms with van der Waals surface area (Å²) in [6.07, 6.45) is 8.17. The van der Waals surface area contributed by atoms with E-state index in [0.29, 0.717) is 0 Å². The van der Waals surface area contributed by atoms with Crippen molar-refractivity contribution in [3.05, 3.63) is 77.9 Å². The van der Waals surface area contributed by atoms with E-state index in [4.69, 9.17) is 0 Å². The van der Waals surface area contributed by atoms with Crippen LogP contribution in [-0.4, -0.2) is 9.97 Å². The maximum Gasteiger partial charge on any atom is 0.125 e. The molecule has 0 unspecified atom stereocenters. The average Bonchev–Trinajstić information content (AvgIpc) is 3.09. The number of hydrogen-bond donors (Lipinski definition) is 1. The third kappa shape index (κ3) is 4.54. The van der Waals surface area contributed by atoms with Crippen LogP contribution in [0.1, 0.15) is 43.5 Å². The Balaban J connectivity index is 1.16. The van der Waals surface area contributed by atoms with Gasteiger partial charge in [-0.2, -0.15) is 0 Å². The number of fused-ring (bicyclic) bond motifs is 2. The zero-order valence-electron chi connectivity index (χ0n) is 15.5. The predicted octanol–water partition coefficient (Wildman–Crippen LogP) is 6.59. The van der Waals surface area contributed by atoms with Gasteiger partial charge < -0.3 is 4.98 Å². The number of halogens is 1. The second kappa shape index (κ2) is 8.34. The van der Waals surface area contributed by atoms with Crippen molar-refractivity contribution in [2.45, 2.75) is 44.9 Å². The van der Waals surface area contributed by atoms with Crippen molar-refractivity contribution in [1.29, 1.82) is 0 Å². The molecular formula is C24H25FN2. The molecule has 27 heavy (non-hydrogen) atoms. The van der Waals surface area contributed by atoms with Gasteiger partial charge in [0, 0.05) is 6.42 Å². The SMILES string of the molecule is Fc1ccc2nc(CCCCCCCc3ccc4ccccc4c3)[nH]c2c1. The van der Waals surface area contributed by atoms with Crippen molar-refractivity contribution < 1.29 is 4.39 Å². The third-order valence-corrected chi connectivity index (χ3v) is 5.19. The maximum atomic E-state index is 13.2. The van der Waals surface area contributed by atoms with Crippen LogP contribution >= 0.6 is 0 Å². The second-order valence-electron chi connectivity index (χ2n) is 7.29. The van der Waals surface area contributed by atoms with E-state index >= 15 is 0 Å². The quantitative estimate of drug-likeness (QED) is 0.353. The zero-order chi connectivity index (χ0) is 18.5. The van der Waals surface area contributed by atoms with E-state index in [1.165, 1.54) is 54.2 Å². The minimum Gasteiger partial charge on any atom is -0.342 e. The van der Waals surface area contributed by atoms with Crippen LogP contribution in [0, 0.1) is 5.82 Å². The summed E-state index contributed by atoms with van der Waals surface area (Å²) in [6, 6.07) is 20.0. The molecule has 0 aliphatic heterocycles. The third-order valence-electron chi connectivity index (χ3n) is 5.19. The van der Waals surface area contributed by atoms with Crippen LogP contribution in [0.2, 0.25) is 0 Å². The van der Waals surface area contributed by atoms with Crippen molar-refractivity contribution >= 4 is 21.8 Å². The van der Waals surface area contributed by atoms with Gasteiger partial charge in [0.15, 0.2) is 0 Å². The van der Waals surface area contributed by atoms with Gasteiger partial charge in [-0.3, -0.25) is 0 Å². The molecule has 4 rings (SSSR count). The van der Waals surface area contributed by atoms with Gasteiger partial charge in [0.25, 0.3) is 0 Å². The van der Waals surface area contributed by atoms with Crippen molar-refractivity contribution in [2.24, 2.45) is 0 Å². The molecule has 0 spiro atoms. The molecule has 0 aliphatic rings. The molecule has 4 aromatic rings. The Bertz CT molecular complexity index is 1030. The topological polar surface area (TPSA) is 28.7 Å². The molecule has 0 radical (unpaired) electrons. The fourth-order valence-electron chi connectivity index (χ4n) is 3.70. The van der Waals surface area contributed by atoms with Crippen LogP contribution in [0.4, 0.5) is 4.39 Å². The Labute approximate surface area is 159 Å². The van der Waals surface area contributed by atoms with Gasteiger partial charge in [-0.15, -0.1) is 0 Å². The molecule has 0 atom stereocenters. The number of nitrogens with zero attached hydrogens (tertiary/aromatic N) is 1. The molecule has 1 heterocycles. The molecule has 0 aliphatic carbocycles. The number of nitrogens with one attached hydrogen (secondary N) is 1. The Morgan fingerprint density at radius 2 is 1.52 bits per heavy atom. The van der Waals surface area contributed by atoms with Gasteiger partial charge in [0.2, 0.25) is 0 Å². The average molecular weight is 360 g/mol. The number of rotatable bonds is 8. The number of aromatic amines is 1. The molecular weight excluding hydrogens is 335 g/mol. The summed E-state index contributed by atoms with van der Waals surface area (Å²) in [5.41, 5.74) is 3.07. The van der Waals surface area contributed by atoms with Crippen LogP contribution < -0.4 is 0 Å². The number of unbranched alkanes of at least 4 members (excludes halogenated alkanes) is 4. The summed E-state index contributed by atoms with van der Waals surface area (Å²) in [5.74, 6) is 0.746. The highest BCUT2D eigenvalue weighted by molar-refractivity contribution is 5.83. The van der Waals surface area contributed by atoms with Crippen LogP contribution in [0.3, 0.4) is 0 Å². The first-order valence-corrected chi connectivity index (χ1v) is 9.90. The lowest BCUT2D eigenvalue weighted by atomic mass is 10.0. The number of hydrogen-bond acceptors (Lipinski definition) is 1. The van der Waals surface area contributed by atoms with E-state index in [-0.39, 0.29) is 5.82 Å². The van der Waals surface area contributed by atoms with Crippen molar-refractivity contribution in [1.82, 2.24) is 9.97 Å². The monoisotopic (exact) mass is 360 g/mol. The smallest absolute Gasteiger partial charge is 0.125 e. The van der Waals surface area contributed by atoms with Crippen molar-refractivity contribution in [3.8, 4) is 0 Å². The first kappa shape index (κ1) is 17.7. The van der Waals surface area contributed by atoms with Crippen molar-refractivity contribution in [3.63, 3.8) is 0 Å². The highest BCUT2D eigenvalue weighted by atomic mass is 19.1. The standard InChI is InChI=1S/C24H25FN2/c25-21-14-15-22-23(17-21)27-24(26-22)11-5-3-1-2-4-8-18-12-13-19-9-6-7-10-20(19)16-18/h6-7,9-10,12-17H,1-5,8,11H2,(H,26,27). The van der Waals surface area contributed by atoms with Crippen LogP contribution in [0.25, 0.3) is 21.8 Å². The van der Waals surface area contributed by atoms with Crippen molar-refractivity contribution in [2.75, 3.05) is 0 Å². The number of aromatic nitrogens is 2. The van der Waals surface area contributed by atoms with Crippen LogP contribution in [0.5, 0.6) is 0 Å². The minimum atomic E-state index is -0.218. The van der Waals surface area contributed by atoms with Gasteiger partial charge in [-0.25, -0.2) is 9.37 Å². The lowest BCUT2D eigenvalue weighted by molar-refractivity contribution is 0.608. The van der Waals surface area contributed by atoms with E-state index in [9.17, 15) is 4.39 Å². The molecule has 0 amide bonds. The zero-order valence-corrected chi connectivity index (χ0v) is 15.5. The lowest BCUT2D eigenvalue weighted by Gasteiger charge is -2.04. The maximum absolute atomic E-state index is 13.2. The summed E-state index contributed by atoms with van der Waals surface area (Å²) < 4.78 is 13.2. The normalized spacial score (nSPS) is 11.4. The fourth-order valence-corrected chi connectivity index (χ4v) is 3.70. The number of aryl methyl sites for hydroxylation is 2. The van der Waals surface area contributed by atoms with E-state index in [1.54, 1.807) is 6.07 Å². The molecule has 3 aromatic carbocycles. The van der Waals surface area contributed by atoms with E-state index < -0.39 is 0 Å². The highest BCUT2D eigenvalue weighted by Gasteiger charge is 2.04. The molecule has 1 aromatic heterocycles. The highest BCUT2D eigenvalue weighted by Crippen LogP contribution is 2.18. The summed E-state index contributed by atoms with van der Waals surface area (Å²) in [5, 5.41) is 2.65. The molecule has 0 saturated heterocycles. The fraction of sp³-hybridized carbons (Fsp3) is 0.292. The summed E-state index contributed by atoms with van der Waals surface area (Å²) in [4.78, 5) is 7.75. The number of benzene rings is 3. The van der Waals surface area contributed by atoms with Crippen LogP contribution in [0.15, 0.2) is 60.7 Å². The van der Waals surface area contributed by atoms with E-state index in [0.717, 1.165) is 36.1 Å². The molecule has 0 bridgehead atoms. The molecule has 0 saturated carbocycles. The Morgan fingerprint density at radius 3 is 2.41 bits per heavy atom. The van der Waals surface area contributed by atoms with E-state index in [2.05, 4.69) is 52.4 Å². The Kier molecular flexibility index (Phi) is 5.47. The molecule has 0 fully saturated rings. The largest absolute Gasteiger partial charge is 0.342 e. The first-order valence-electron chi connectivity index (χ1n) is 9.90. The summed E-state index contributed by atoms with van der Waals surface area (Å²) >= 11 is 0. The van der Waals surface area contributed by atoms with Gasteiger partial charge in [-0.05, 0) is 53.8 Å². The summed E-state index contributed by atoms with van der Waals surface area (Å²) in [7, 11) is 0. The van der Waals surface area contributed by atoms with Gasteiger partial charge in [-0.1, -0.05) is 61.7 Å². The Hall–Kier alpha value is -2.68. The molecule has 3 heteroatoms. The molecule has 2 nitrogen and oxygen atoms in total. The van der Waals surface area contributed by atoms with Gasteiger partial charge in [0.05, 0.1) is 11.0 Å². The van der Waals surface area contributed by atoms with E-state index in [1.807, 2.05) is 0 Å². The Morgan fingerprint density at radius 1 is 0.741 bits per heavy atom. The van der Waals surface area contributed by atoms with Gasteiger partial charge in [0.1, 0.15) is 11.6 Å². The van der Waals surface area contributed by atoms with Crippen LogP contribution in [-0.2, 0) is 12.8 Å². The molecule has 1 N–H and O–H groups in total. The summed E-state index contributed by atoms with van der Waals surface area (Å²) in [6.45, 7) is 0. The predicted molar refractivity (Wildman–Crippen MR) is 110 cm³/mol. The minimum absolute atomic E-state index is 0.218. The second-order valence-corrected chi connectivity index (χ2v) is 7.29. The first-order chi connectivity index (χ1) is 13.3. The van der Waals surface area contributed by atoms with Gasteiger partial charge >= 0.3 is 0 Å². The number of imidazole rings is 1. The molecule has 138 valence electrons. The number of H-pyrrole nitrogens is 1.